The van der Waals surface area contributed by atoms with Crippen LogP contribution in [0.1, 0.15) is 26.3 Å². The summed E-state index contributed by atoms with van der Waals surface area (Å²) in [6, 6.07) is 11.8. The lowest BCUT2D eigenvalue weighted by Crippen LogP contribution is -2.15. The van der Waals surface area contributed by atoms with Crippen LogP contribution in [0.5, 0.6) is 0 Å². The molecule has 0 saturated carbocycles. The van der Waals surface area contributed by atoms with Gasteiger partial charge in [0.2, 0.25) is 0 Å². The van der Waals surface area contributed by atoms with Gasteiger partial charge in [0.1, 0.15) is 5.56 Å². The number of carbonyl (C=O) groups is 2. The summed E-state index contributed by atoms with van der Waals surface area (Å²) in [5, 5.41) is 26.7. The quantitative estimate of drug-likeness (QED) is 0.379. The zero-order valence-electron chi connectivity index (χ0n) is 16.8. The minimum Gasteiger partial charge on any atom is -0.322 e. The van der Waals surface area contributed by atoms with Crippen LogP contribution in [0.25, 0.3) is 0 Å². The van der Waals surface area contributed by atoms with E-state index in [0.29, 0.717) is 6.07 Å². The van der Waals surface area contributed by atoms with Crippen LogP contribution in [0.4, 0.5) is 35.9 Å². The van der Waals surface area contributed by atoms with Gasteiger partial charge in [0.15, 0.2) is 0 Å². The van der Waals surface area contributed by atoms with Crippen LogP contribution < -0.4 is 10.6 Å². The molecule has 0 heterocycles. The first-order valence-electron chi connectivity index (χ1n) is 9.28. The fourth-order valence-corrected chi connectivity index (χ4v) is 2.86. The first-order chi connectivity index (χ1) is 16.0. The smallest absolute Gasteiger partial charge is 0.322 e. The number of nitro groups is 2. The molecule has 0 aliphatic heterocycles. The van der Waals surface area contributed by atoms with Crippen LogP contribution in [0.15, 0.2) is 66.7 Å². The van der Waals surface area contributed by atoms with E-state index in [1.807, 2.05) is 0 Å². The van der Waals surface area contributed by atoms with Gasteiger partial charge in [-0.2, -0.15) is 13.2 Å². The molecule has 0 unspecified atom stereocenters. The lowest BCUT2D eigenvalue weighted by atomic mass is 10.1. The van der Waals surface area contributed by atoms with Gasteiger partial charge in [0.25, 0.3) is 23.2 Å². The predicted octanol–water partition coefficient (Wildman–Crippen LogP) is 5.03. The number of hydrogen-bond acceptors (Lipinski definition) is 6. The number of benzene rings is 3. The summed E-state index contributed by atoms with van der Waals surface area (Å²) in [4.78, 5) is 45.0. The number of hydrogen-bond donors (Lipinski definition) is 2. The Labute approximate surface area is 188 Å². The van der Waals surface area contributed by atoms with Gasteiger partial charge in [0, 0.05) is 23.0 Å². The molecule has 2 amide bonds. The predicted molar refractivity (Wildman–Crippen MR) is 114 cm³/mol. The third-order valence-electron chi connectivity index (χ3n) is 4.49. The van der Waals surface area contributed by atoms with Gasteiger partial charge >= 0.3 is 6.18 Å². The third kappa shape index (κ3) is 5.51. The van der Waals surface area contributed by atoms with E-state index in [1.165, 1.54) is 30.3 Å². The topological polar surface area (TPSA) is 144 Å². The minimum atomic E-state index is -4.57. The Morgan fingerprint density at radius 2 is 1.41 bits per heavy atom. The Bertz CT molecular complexity index is 1290. The monoisotopic (exact) mass is 474 g/mol. The molecule has 3 aromatic rings. The Balaban J connectivity index is 1.73. The molecule has 34 heavy (non-hydrogen) atoms. The molecule has 2 N–H and O–H groups in total. The molecule has 0 aromatic heterocycles. The number of nitro benzene ring substituents is 2. The van der Waals surface area contributed by atoms with E-state index in [1.54, 1.807) is 0 Å². The van der Waals surface area contributed by atoms with E-state index in [4.69, 9.17) is 0 Å². The number of carbonyl (C=O) groups excluding carboxylic acids is 2. The van der Waals surface area contributed by atoms with Crippen molar-refractivity contribution < 1.29 is 32.6 Å². The van der Waals surface area contributed by atoms with Crippen LogP contribution in [0.2, 0.25) is 0 Å². The van der Waals surface area contributed by atoms with Gasteiger partial charge in [-0.3, -0.25) is 29.8 Å². The maximum atomic E-state index is 12.8. The molecule has 0 bridgehead atoms. The molecule has 10 nitrogen and oxygen atoms in total. The number of non-ortho nitro benzene ring substituents is 1. The second kappa shape index (κ2) is 9.36. The number of halogens is 3. The Hall–Kier alpha value is -4.81. The molecule has 0 aliphatic rings. The van der Waals surface area contributed by atoms with Crippen LogP contribution in [-0.4, -0.2) is 21.7 Å². The molecule has 0 saturated heterocycles. The van der Waals surface area contributed by atoms with E-state index >= 15 is 0 Å². The van der Waals surface area contributed by atoms with E-state index < -0.39 is 50.3 Å². The SMILES string of the molecule is O=C(Nc1cccc(C(F)(F)F)c1)c1ccc(NC(=O)c2ccc([N+](=O)[O-])cc2[N+](=O)[O-])cc1. The van der Waals surface area contributed by atoms with Crippen molar-refractivity contribution in [2.45, 2.75) is 6.18 Å². The summed E-state index contributed by atoms with van der Waals surface area (Å²) in [5.41, 5.74) is -2.51. The number of nitrogens with one attached hydrogen (secondary N) is 2. The van der Waals surface area contributed by atoms with Crippen molar-refractivity contribution in [2.24, 2.45) is 0 Å². The number of alkyl halides is 3. The fourth-order valence-electron chi connectivity index (χ4n) is 2.86. The fraction of sp³-hybridized carbons (Fsp3) is 0.0476. The highest BCUT2D eigenvalue weighted by molar-refractivity contribution is 6.08. The molecule has 3 rings (SSSR count). The zero-order valence-corrected chi connectivity index (χ0v) is 16.8. The van der Waals surface area contributed by atoms with Gasteiger partial charge in [-0.15, -0.1) is 0 Å². The van der Waals surface area contributed by atoms with Crippen molar-refractivity contribution in [1.29, 1.82) is 0 Å². The lowest BCUT2D eigenvalue weighted by molar-refractivity contribution is -0.394. The molecular weight excluding hydrogens is 461 g/mol. The average molecular weight is 474 g/mol. The van der Waals surface area contributed by atoms with Gasteiger partial charge in [-0.05, 0) is 48.5 Å². The molecule has 3 aromatic carbocycles. The normalized spacial score (nSPS) is 10.9. The van der Waals surface area contributed by atoms with Gasteiger partial charge in [-0.1, -0.05) is 6.07 Å². The second-order valence-corrected chi connectivity index (χ2v) is 6.78. The number of nitrogens with zero attached hydrogens (tertiary/aromatic N) is 2. The van der Waals surface area contributed by atoms with Crippen molar-refractivity contribution in [3.63, 3.8) is 0 Å². The molecule has 0 fully saturated rings. The van der Waals surface area contributed by atoms with E-state index in [9.17, 15) is 43.0 Å². The summed E-state index contributed by atoms with van der Waals surface area (Å²) in [6.45, 7) is 0. The average Bonchev–Trinajstić information content (AvgIpc) is 2.78. The van der Waals surface area contributed by atoms with Crippen molar-refractivity contribution >= 4 is 34.6 Å². The summed E-state index contributed by atoms with van der Waals surface area (Å²) in [6.07, 6.45) is -4.57. The lowest BCUT2D eigenvalue weighted by Gasteiger charge is -2.10. The first kappa shape index (κ1) is 23.8. The minimum absolute atomic E-state index is 0.0664. The maximum Gasteiger partial charge on any atom is 0.416 e. The molecule has 0 radical (unpaired) electrons. The van der Waals surface area contributed by atoms with E-state index in [0.717, 1.165) is 30.3 Å². The molecule has 0 atom stereocenters. The molecule has 0 aliphatic carbocycles. The molecule has 174 valence electrons. The molecule has 13 heteroatoms. The second-order valence-electron chi connectivity index (χ2n) is 6.78. The van der Waals surface area contributed by atoms with Gasteiger partial charge in [-0.25, -0.2) is 0 Å². The zero-order chi connectivity index (χ0) is 25.0. The highest BCUT2D eigenvalue weighted by atomic mass is 19.4. The van der Waals surface area contributed by atoms with Crippen molar-refractivity contribution in [1.82, 2.24) is 0 Å². The van der Waals surface area contributed by atoms with Crippen molar-refractivity contribution in [3.05, 3.63) is 104 Å². The first-order valence-corrected chi connectivity index (χ1v) is 9.28. The number of amides is 2. The highest BCUT2D eigenvalue weighted by Crippen LogP contribution is 2.31. The Kier molecular flexibility index (Phi) is 6.56. The largest absolute Gasteiger partial charge is 0.416 e. The molecular formula is C21H13F3N4O6. The summed E-state index contributed by atoms with van der Waals surface area (Å²) < 4.78 is 38.4. The standard InChI is InChI=1S/C21H13F3N4O6/c22-21(23,24)13-2-1-3-15(10-13)26-19(29)12-4-6-14(7-5-12)25-20(30)17-9-8-16(27(31)32)11-18(17)28(33)34/h1-11H,(H,25,30)(H,26,29). The van der Waals surface area contributed by atoms with Crippen LogP contribution in [0, 0.1) is 20.2 Å². The van der Waals surface area contributed by atoms with Crippen molar-refractivity contribution in [3.8, 4) is 0 Å². The Morgan fingerprint density at radius 1 is 0.765 bits per heavy atom. The Morgan fingerprint density at radius 3 is 2.00 bits per heavy atom. The summed E-state index contributed by atoms with van der Waals surface area (Å²) >= 11 is 0. The van der Waals surface area contributed by atoms with E-state index in [-0.39, 0.29) is 16.9 Å². The van der Waals surface area contributed by atoms with E-state index in [2.05, 4.69) is 10.6 Å². The number of rotatable bonds is 6. The van der Waals surface area contributed by atoms with Gasteiger partial charge < -0.3 is 10.6 Å². The maximum absolute atomic E-state index is 12.8. The summed E-state index contributed by atoms with van der Waals surface area (Å²) in [7, 11) is 0. The van der Waals surface area contributed by atoms with Crippen LogP contribution in [0.3, 0.4) is 0 Å². The number of anilines is 2. The molecule has 0 spiro atoms. The van der Waals surface area contributed by atoms with Crippen LogP contribution >= 0.6 is 0 Å². The van der Waals surface area contributed by atoms with Gasteiger partial charge in [0.05, 0.1) is 21.5 Å². The van der Waals surface area contributed by atoms with Crippen LogP contribution in [-0.2, 0) is 6.18 Å². The highest BCUT2D eigenvalue weighted by Gasteiger charge is 2.30. The third-order valence-corrected chi connectivity index (χ3v) is 4.49. The van der Waals surface area contributed by atoms with Crippen molar-refractivity contribution in [2.75, 3.05) is 10.6 Å². The summed E-state index contributed by atoms with van der Waals surface area (Å²) in [5.74, 6) is -1.62.